The number of hydrogen-bond acceptors (Lipinski definition) is 3. The molecule has 3 rings (SSSR count). The average molecular weight is 333 g/mol. The third-order valence-corrected chi connectivity index (χ3v) is 5.23. The molecule has 1 aliphatic heterocycles. The van der Waals surface area contributed by atoms with Gasteiger partial charge < -0.3 is 10.6 Å². The maximum Gasteiger partial charge on any atom is 0.0991 e. The first-order chi connectivity index (χ1) is 12.3. The summed E-state index contributed by atoms with van der Waals surface area (Å²) in [5.41, 5.74) is 10.3. The van der Waals surface area contributed by atoms with E-state index >= 15 is 0 Å². The highest BCUT2D eigenvalue weighted by atomic mass is 15.1. The SMILES string of the molecule is N#Cc1cccc(-c2ccc(C(CN)CCN3CCCCC3)cc2)c1. The van der Waals surface area contributed by atoms with Crippen LogP contribution in [-0.4, -0.2) is 31.1 Å². The molecular formula is C22H27N3. The van der Waals surface area contributed by atoms with Crippen molar-refractivity contribution in [1.82, 2.24) is 4.90 Å². The van der Waals surface area contributed by atoms with Gasteiger partial charge in [0.05, 0.1) is 11.6 Å². The average Bonchev–Trinajstić information content (AvgIpc) is 2.70. The van der Waals surface area contributed by atoms with Gasteiger partial charge in [0, 0.05) is 0 Å². The molecule has 130 valence electrons. The van der Waals surface area contributed by atoms with Crippen molar-refractivity contribution in [3.8, 4) is 17.2 Å². The molecule has 1 heterocycles. The summed E-state index contributed by atoms with van der Waals surface area (Å²) < 4.78 is 0. The summed E-state index contributed by atoms with van der Waals surface area (Å²) in [6.45, 7) is 4.32. The molecule has 1 atom stereocenters. The zero-order chi connectivity index (χ0) is 17.5. The molecule has 0 aromatic heterocycles. The van der Waals surface area contributed by atoms with Crippen LogP contribution in [0.25, 0.3) is 11.1 Å². The lowest BCUT2D eigenvalue weighted by Gasteiger charge is -2.28. The number of rotatable bonds is 6. The van der Waals surface area contributed by atoms with Crippen molar-refractivity contribution in [3.63, 3.8) is 0 Å². The lowest BCUT2D eigenvalue weighted by atomic mass is 9.93. The monoisotopic (exact) mass is 333 g/mol. The Morgan fingerprint density at radius 3 is 2.44 bits per heavy atom. The van der Waals surface area contributed by atoms with Gasteiger partial charge in [0.25, 0.3) is 0 Å². The molecule has 3 heteroatoms. The molecule has 1 unspecified atom stereocenters. The second kappa shape index (κ2) is 8.80. The largest absolute Gasteiger partial charge is 0.330 e. The quantitative estimate of drug-likeness (QED) is 0.864. The summed E-state index contributed by atoms with van der Waals surface area (Å²) in [5, 5.41) is 9.06. The summed E-state index contributed by atoms with van der Waals surface area (Å²) in [7, 11) is 0. The highest BCUT2D eigenvalue weighted by Crippen LogP contribution is 2.25. The molecule has 0 bridgehead atoms. The van der Waals surface area contributed by atoms with E-state index in [4.69, 9.17) is 11.0 Å². The smallest absolute Gasteiger partial charge is 0.0991 e. The van der Waals surface area contributed by atoms with Crippen LogP contribution in [0.4, 0.5) is 0 Å². The van der Waals surface area contributed by atoms with E-state index in [9.17, 15) is 0 Å². The van der Waals surface area contributed by atoms with Gasteiger partial charge in [-0.3, -0.25) is 0 Å². The van der Waals surface area contributed by atoms with Gasteiger partial charge in [0.2, 0.25) is 0 Å². The minimum Gasteiger partial charge on any atom is -0.330 e. The van der Waals surface area contributed by atoms with E-state index in [1.165, 1.54) is 37.9 Å². The second-order valence-electron chi connectivity index (χ2n) is 6.94. The van der Waals surface area contributed by atoms with Crippen LogP contribution in [0, 0.1) is 11.3 Å². The Balaban J connectivity index is 1.66. The first-order valence-electron chi connectivity index (χ1n) is 9.33. The summed E-state index contributed by atoms with van der Waals surface area (Å²) >= 11 is 0. The fourth-order valence-corrected chi connectivity index (χ4v) is 3.66. The molecule has 2 aromatic rings. The van der Waals surface area contributed by atoms with E-state index in [0.717, 1.165) is 24.1 Å². The van der Waals surface area contributed by atoms with Crippen LogP contribution in [-0.2, 0) is 0 Å². The predicted octanol–water partition coefficient (Wildman–Crippen LogP) is 4.14. The Labute approximate surface area is 151 Å². The van der Waals surface area contributed by atoms with Crippen molar-refractivity contribution in [2.75, 3.05) is 26.2 Å². The Morgan fingerprint density at radius 1 is 1.00 bits per heavy atom. The minimum absolute atomic E-state index is 0.418. The molecule has 0 aliphatic carbocycles. The number of hydrogen-bond donors (Lipinski definition) is 1. The normalized spacial score (nSPS) is 16.3. The van der Waals surface area contributed by atoms with Gasteiger partial charge in [0.1, 0.15) is 0 Å². The van der Waals surface area contributed by atoms with Crippen molar-refractivity contribution in [2.45, 2.75) is 31.6 Å². The topological polar surface area (TPSA) is 53.1 Å². The molecule has 25 heavy (non-hydrogen) atoms. The Morgan fingerprint density at radius 2 is 1.76 bits per heavy atom. The van der Waals surface area contributed by atoms with Gasteiger partial charge in [-0.25, -0.2) is 0 Å². The predicted molar refractivity (Wildman–Crippen MR) is 103 cm³/mol. The van der Waals surface area contributed by atoms with Crippen molar-refractivity contribution < 1.29 is 0 Å². The summed E-state index contributed by atoms with van der Waals surface area (Å²) in [6.07, 6.45) is 5.18. The number of nitriles is 1. The molecule has 1 saturated heterocycles. The van der Waals surface area contributed by atoms with Crippen LogP contribution in [0.1, 0.15) is 42.7 Å². The van der Waals surface area contributed by atoms with Crippen molar-refractivity contribution in [2.24, 2.45) is 5.73 Å². The maximum atomic E-state index is 9.06. The van der Waals surface area contributed by atoms with Crippen molar-refractivity contribution in [1.29, 1.82) is 5.26 Å². The lowest BCUT2D eigenvalue weighted by Crippen LogP contribution is -2.32. The molecule has 0 amide bonds. The third-order valence-electron chi connectivity index (χ3n) is 5.23. The lowest BCUT2D eigenvalue weighted by molar-refractivity contribution is 0.221. The van der Waals surface area contributed by atoms with Gasteiger partial charge >= 0.3 is 0 Å². The molecule has 1 aliphatic rings. The van der Waals surface area contributed by atoms with E-state index < -0.39 is 0 Å². The van der Waals surface area contributed by atoms with Gasteiger partial charge in [-0.1, -0.05) is 42.8 Å². The van der Waals surface area contributed by atoms with Gasteiger partial charge in [0.15, 0.2) is 0 Å². The van der Waals surface area contributed by atoms with Crippen LogP contribution in [0.2, 0.25) is 0 Å². The van der Waals surface area contributed by atoms with Crippen LogP contribution in [0.15, 0.2) is 48.5 Å². The molecular weight excluding hydrogens is 306 g/mol. The number of nitrogens with zero attached hydrogens (tertiary/aromatic N) is 2. The van der Waals surface area contributed by atoms with E-state index in [0.29, 0.717) is 18.0 Å². The Hall–Kier alpha value is -2.15. The van der Waals surface area contributed by atoms with Crippen LogP contribution in [0.5, 0.6) is 0 Å². The molecule has 2 aromatic carbocycles. The first kappa shape index (κ1) is 17.7. The van der Waals surface area contributed by atoms with E-state index in [-0.39, 0.29) is 0 Å². The molecule has 0 spiro atoms. The molecule has 1 fully saturated rings. The summed E-state index contributed by atoms with van der Waals surface area (Å²) in [6, 6.07) is 18.6. The van der Waals surface area contributed by atoms with Gasteiger partial charge in [-0.15, -0.1) is 0 Å². The molecule has 0 saturated carbocycles. The highest BCUT2D eigenvalue weighted by molar-refractivity contribution is 5.65. The van der Waals surface area contributed by atoms with E-state index in [2.05, 4.69) is 35.2 Å². The number of piperidine rings is 1. The second-order valence-corrected chi connectivity index (χ2v) is 6.94. The number of nitrogens with two attached hydrogens (primary N) is 1. The summed E-state index contributed by atoms with van der Waals surface area (Å²) in [5.74, 6) is 0.418. The molecule has 0 radical (unpaired) electrons. The fourth-order valence-electron chi connectivity index (χ4n) is 3.66. The first-order valence-corrected chi connectivity index (χ1v) is 9.33. The van der Waals surface area contributed by atoms with Crippen molar-refractivity contribution in [3.05, 3.63) is 59.7 Å². The minimum atomic E-state index is 0.418. The number of benzene rings is 2. The van der Waals surface area contributed by atoms with Crippen LogP contribution >= 0.6 is 0 Å². The van der Waals surface area contributed by atoms with Crippen LogP contribution < -0.4 is 5.73 Å². The molecule has 2 N–H and O–H groups in total. The highest BCUT2D eigenvalue weighted by Gasteiger charge is 2.14. The zero-order valence-electron chi connectivity index (χ0n) is 14.8. The summed E-state index contributed by atoms with van der Waals surface area (Å²) in [4.78, 5) is 2.58. The van der Waals surface area contributed by atoms with E-state index in [1.807, 2.05) is 24.3 Å². The van der Waals surface area contributed by atoms with Crippen molar-refractivity contribution >= 4 is 0 Å². The maximum absolute atomic E-state index is 9.06. The van der Waals surface area contributed by atoms with E-state index in [1.54, 1.807) is 0 Å². The third kappa shape index (κ3) is 4.69. The fraction of sp³-hybridized carbons (Fsp3) is 0.409. The standard InChI is InChI=1S/C22H27N3/c23-16-18-5-4-6-21(15-18)19-7-9-20(10-8-19)22(17-24)11-14-25-12-2-1-3-13-25/h4-10,15,22H,1-3,11-14,17,24H2. The zero-order valence-corrected chi connectivity index (χ0v) is 14.8. The molecule has 3 nitrogen and oxygen atoms in total. The van der Waals surface area contributed by atoms with Gasteiger partial charge in [-0.05, 0) is 80.2 Å². The van der Waals surface area contributed by atoms with Gasteiger partial charge in [-0.2, -0.15) is 5.26 Å². The Kier molecular flexibility index (Phi) is 6.22. The van der Waals surface area contributed by atoms with Crippen LogP contribution in [0.3, 0.4) is 0 Å². The number of likely N-dealkylation sites (tertiary alicyclic amines) is 1. The Bertz CT molecular complexity index is 709.